The lowest BCUT2D eigenvalue weighted by molar-refractivity contribution is 0.481. The van der Waals surface area contributed by atoms with E-state index in [-0.39, 0.29) is 18.0 Å². The lowest BCUT2D eigenvalue weighted by atomic mass is 10.1. The molecule has 0 atom stereocenters. The maximum atomic E-state index is 11.2. The zero-order valence-corrected chi connectivity index (χ0v) is 12.9. The summed E-state index contributed by atoms with van der Waals surface area (Å²) in [4.78, 5) is -0.507. The van der Waals surface area contributed by atoms with Crippen LogP contribution < -0.4 is 0 Å². The molecule has 1 aromatic heterocycles. The quantitative estimate of drug-likeness (QED) is 0.692. The minimum absolute atomic E-state index is 0.254. The molecule has 9 heteroatoms. The van der Waals surface area contributed by atoms with Crippen molar-refractivity contribution < 1.29 is 25.9 Å². The normalized spacial score (nSPS) is 13.0. The van der Waals surface area contributed by atoms with Crippen molar-refractivity contribution >= 4 is 49.4 Å². The summed E-state index contributed by atoms with van der Waals surface area (Å²) in [7, 11) is -8.40. The molecule has 0 fully saturated rings. The van der Waals surface area contributed by atoms with E-state index < -0.39 is 20.2 Å². The van der Waals surface area contributed by atoms with Crippen LogP contribution in [-0.2, 0) is 20.2 Å². The van der Waals surface area contributed by atoms with Gasteiger partial charge in [-0.2, -0.15) is 16.8 Å². The van der Waals surface area contributed by atoms with Crippen LogP contribution in [0.25, 0.3) is 21.0 Å². The highest BCUT2D eigenvalue weighted by atomic mass is 32.2. The maximum absolute atomic E-state index is 11.2. The van der Waals surface area contributed by atoms with Gasteiger partial charge in [0, 0.05) is 0 Å². The summed E-state index contributed by atoms with van der Waals surface area (Å²) < 4.78 is 63.0. The van der Waals surface area contributed by atoms with Gasteiger partial charge in [-0.15, -0.1) is 8.19 Å². The molecule has 2 aromatic carbocycles. The molecule has 6 nitrogen and oxygen atoms in total. The van der Waals surface area contributed by atoms with Crippen molar-refractivity contribution in [3.8, 4) is 0 Å². The van der Waals surface area contributed by atoms with Gasteiger partial charge in [-0.25, -0.2) is 0 Å². The van der Waals surface area contributed by atoms with Crippen molar-refractivity contribution in [1.29, 1.82) is 0 Å². The number of hydrogen-bond acceptors (Lipinski definition) is 4. The molecule has 110 valence electrons. The molecular weight excluding hydrogens is 335 g/mol. The summed E-state index contributed by atoms with van der Waals surface area (Å²) in [5.41, 5.74) is 0. The molecule has 0 saturated heterocycles. The van der Waals surface area contributed by atoms with E-state index in [0.29, 0.717) is 10.8 Å². The Morgan fingerprint density at radius 2 is 1.10 bits per heavy atom. The molecule has 0 aliphatic carbocycles. The Balaban J connectivity index is 2.42. The Hall–Kier alpha value is -1.44. The van der Waals surface area contributed by atoms with Gasteiger partial charge < -0.3 is 0 Å². The van der Waals surface area contributed by atoms with Crippen LogP contribution in [0.15, 0.2) is 46.2 Å². The van der Waals surface area contributed by atoms with Crippen molar-refractivity contribution in [2.24, 2.45) is 0 Å². The molecule has 21 heavy (non-hydrogen) atoms. The van der Waals surface area contributed by atoms with Gasteiger partial charge in [-0.3, -0.25) is 9.11 Å². The summed E-state index contributed by atoms with van der Waals surface area (Å²) in [6.45, 7) is 0. The van der Waals surface area contributed by atoms with E-state index in [9.17, 15) is 16.8 Å². The second-order valence-corrected chi connectivity index (χ2v) is 8.66. The van der Waals surface area contributed by atoms with Gasteiger partial charge in [0.05, 0.1) is 9.79 Å². The minimum atomic E-state index is -4.33. The molecule has 3 rings (SSSR count). The van der Waals surface area contributed by atoms with E-state index in [1.165, 1.54) is 24.3 Å². The topological polar surface area (TPSA) is 109 Å². The number of benzene rings is 2. The molecule has 0 spiro atoms. The third-order valence-corrected chi connectivity index (χ3v) is 6.25. The van der Waals surface area contributed by atoms with Crippen molar-refractivity contribution in [2.75, 3.05) is 0 Å². The van der Waals surface area contributed by atoms with Gasteiger partial charge in [0.1, 0.15) is 0 Å². The zero-order chi connectivity index (χ0) is 15.4. The number of rotatable bonds is 2. The predicted octanol–water partition coefficient (Wildman–Crippen LogP) is 2.52. The molecule has 0 aliphatic rings. The largest absolute Gasteiger partial charge is 0.294 e. The highest BCUT2D eigenvalue weighted by molar-refractivity contribution is 7.86. The highest BCUT2D eigenvalue weighted by Gasteiger charge is 2.15. The van der Waals surface area contributed by atoms with Gasteiger partial charge in [0.2, 0.25) is 0 Å². The Labute approximate surface area is 122 Å². The first kappa shape index (κ1) is 14.5. The third kappa shape index (κ3) is 2.56. The Bertz CT molecular complexity index is 993. The van der Waals surface area contributed by atoms with Gasteiger partial charge in [-0.05, 0) is 57.4 Å². The second kappa shape index (κ2) is 4.53. The van der Waals surface area contributed by atoms with Crippen LogP contribution in [-0.4, -0.2) is 25.9 Å². The first-order chi connectivity index (χ1) is 9.66. The fraction of sp³-hybridized carbons (Fsp3) is 0. The lowest BCUT2D eigenvalue weighted by Crippen LogP contribution is -1.97. The van der Waals surface area contributed by atoms with Crippen molar-refractivity contribution in [3.63, 3.8) is 0 Å². The van der Waals surface area contributed by atoms with Gasteiger partial charge in [0.15, 0.2) is 0 Å². The molecule has 0 amide bonds. The number of fused-ring (bicyclic) bond motifs is 3. The zero-order valence-electron chi connectivity index (χ0n) is 10.3. The number of hydrogen-bond donors (Lipinski definition) is 2. The lowest BCUT2D eigenvalue weighted by Gasteiger charge is -1.99. The van der Waals surface area contributed by atoms with E-state index in [1.54, 1.807) is 12.1 Å². The summed E-state index contributed by atoms with van der Waals surface area (Å²) in [5.74, 6) is 0. The summed E-state index contributed by atoms with van der Waals surface area (Å²) in [5, 5.41) is 2.79. The van der Waals surface area contributed by atoms with E-state index in [4.69, 9.17) is 9.11 Å². The molecule has 0 unspecified atom stereocenters. The van der Waals surface area contributed by atoms with Crippen LogP contribution in [0.5, 0.6) is 0 Å². The van der Waals surface area contributed by atoms with Crippen molar-refractivity contribution in [3.05, 3.63) is 36.4 Å². The summed E-state index contributed by atoms with van der Waals surface area (Å²) in [6, 6.07) is 8.38. The van der Waals surface area contributed by atoms with Gasteiger partial charge in [-0.1, -0.05) is 0 Å². The predicted molar refractivity (Wildman–Crippen MR) is 80.6 cm³/mol. The fourth-order valence-electron chi connectivity index (χ4n) is 2.18. The Morgan fingerprint density at radius 3 is 1.43 bits per heavy atom. The monoisotopic (exact) mass is 344 g/mol. The molecule has 2 N–H and O–H groups in total. The van der Waals surface area contributed by atoms with E-state index in [1.807, 2.05) is 0 Å². The Kier molecular flexibility index (Phi) is 3.12. The van der Waals surface area contributed by atoms with Crippen molar-refractivity contribution in [2.45, 2.75) is 9.79 Å². The van der Waals surface area contributed by atoms with Crippen LogP contribution in [0.2, 0.25) is 0 Å². The summed E-state index contributed by atoms with van der Waals surface area (Å²) >= 11 is 0. The molecule has 0 saturated carbocycles. The molecule has 0 bridgehead atoms. The highest BCUT2D eigenvalue weighted by Crippen LogP contribution is 2.39. The SMILES string of the molecule is O=S(=O)(O)c1ccc2[pH]c3ccc(S(=O)(=O)O)cc3c2c1. The first-order valence-corrected chi connectivity index (χ1v) is 9.55. The van der Waals surface area contributed by atoms with E-state index >= 15 is 0 Å². The van der Waals surface area contributed by atoms with Crippen LogP contribution in [0.1, 0.15) is 0 Å². The average molecular weight is 344 g/mol. The average Bonchev–Trinajstić information content (AvgIpc) is 2.73. The van der Waals surface area contributed by atoms with Crippen LogP contribution in [0.3, 0.4) is 0 Å². The molecule has 1 heterocycles. The molecular formula is C12H9O6PS2. The maximum Gasteiger partial charge on any atom is 0.294 e. The fourth-order valence-corrected chi connectivity index (χ4v) is 4.50. The standard InChI is InChI=1S/C12H9O6PS2/c13-20(14,15)7-1-3-11-9(5-7)10-6-8(21(16,17)18)2-4-12(10)19-11/h1-6,19H,(H,13,14,15)(H,16,17,18). The minimum Gasteiger partial charge on any atom is -0.282 e. The molecule has 3 aromatic rings. The van der Waals surface area contributed by atoms with Gasteiger partial charge in [0.25, 0.3) is 20.2 Å². The first-order valence-electron chi connectivity index (χ1n) is 5.67. The van der Waals surface area contributed by atoms with Crippen LogP contribution in [0.4, 0.5) is 0 Å². The van der Waals surface area contributed by atoms with E-state index in [0.717, 1.165) is 10.2 Å². The smallest absolute Gasteiger partial charge is 0.282 e. The van der Waals surface area contributed by atoms with E-state index in [2.05, 4.69) is 0 Å². The third-order valence-electron chi connectivity index (χ3n) is 3.14. The van der Waals surface area contributed by atoms with Crippen LogP contribution in [0, 0.1) is 0 Å². The molecule has 0 aliphatic heterocycles. The van der Waals surface area contributed by atoms with Gasteiger partial charge >= 0.3 is 0 Å². The van der Waals surface area contributed by atoms with Crippen molar-refractivity contribution in [1.82, 2.24) is 0 Å². The molecule has 0 radical (unpaired) electrons. The second-order valence-electron chi connectivity index (χ2n) is 4.49. The van der Waals surface area contributed by atoms with Crippen LogP contribution >= 0.6 is 8.19 Å². The summed E-state index contributed by atoms with van der Waals surface area (Å²) in [6.07, 6.45) is 0. The Morgan fingerprint density at radius 1 is 0.714 bits per heavy atom.